The van der Waals surface area contributed by atoms with Gasteiger partial charge in [-0.05, 0) is 80.1 Å². The monoisotopic (exact) mass is 677 g/mol. The molecule has 5 atom stereocenters. The molecule has 0 bridgehead atoms. The number of carbonyl (C=O) groups excluding carboxylic acids is 4. The number of Topliss-reactive ketones (excluding diaryl/α,β-unsaturated/α-hetero) is 2. The number of nitrogens with two attached hydrogens (primary N) is 1. The molecule has 3 aliphatic rings. The van der Waals surface area contributed by atoms with E-state index in [9.17, 15) is 39.6 Å². The van der Waals surface area contributed by atoms with Crippen molar-refractivity contribution in [1.82, 2.24) is 10.2 Å². The summed E-state index contributed by atoms with van der Waals surface area (Å²) in [6, 6.07) is 6.85. The van der Waals surface area contributed by atoms with Gasteiger partial charge in [-0.3, -0.25) is 24.1 Å². The quantitative estimate of drug-likeness (QED) is 0.158. The molecule has 0 spiro atoms. The van der Waals surface area contributed by atoms with E-state index >= 15 is 0 Å². The van der Waals surface area contributed by atoms with Gasteiger partial charge in [-0.1, -0.05) is 26.0 Å². The molecule has 0 aliphatic heterocycles. The van der Waals surface area contributed by atoms with Gasteiger partial charge in [0.05, 0.1) is 25.8 Å². The fourth-order valence-corrected chi connectivity index (χ4v) is 7.69. The lowest BCUT2D eigenvalue weighted by Gasteiger charge is -2.50. The number of rotatable bonds is 10. The van der Waals surface area contributed by atoms with Crippen LogP contribution < -0.4 is 15.8 Å². The number of aliphatic hydroxyl groups is 3. The highest BCUT2D eigenvalue weighted by Crippen LogP contribution is 2.54. The van der Waals surface area contributed by atoms with Crippen LogP contribution in [0, 0.1) is 17.8 Å². The highest BCUT2D eigenvalue weighted by molar-refractivity contribution is 6.24. The number of phenolic OH excluding ortho intramolecular Hbond substituents is 1. The number of aromatic hydroxyl groups is 1. The van der Waals surface area contributed by atoms with Gasteiger partial charge >= 0.3 is 5.97 Å². The van der Waals surface area contributed by atoms with E-state index in [1.54, 1.807) is 26.2 Å². The summed E-state index contributed by atoms with van der Waals surface area (Å²) in [4.78, 5) is 53.7. The molecular weight excluding hydrogens is 634 g/mol. The van der Waals surface area contributed by atoms with Crippen LogP contribution in [0.3, 0.4) is 0 Å². The summed E-state index contributed by atoms with van der Waals surface area (Å²) in [7, 11) is 5.95. The van der Waals surface area contributed by atoms with E-state index in [0.717, 1.165) is 5.56 Å². The smallest absolute Gasteiger partial charge is 0.322 e. The molecule has 13 heteroatoms. The molecule has 2 aromatic rings. The fraction of sp³-hybridized carbons (Fsp3) is 0.444. The van der Waals surface area contributed by atoms with Crippen molar-refractivity contribution in [3.63, 3.8) is 0 Å². The number of primary amides is 1. The van der Waals surface area contributed by atoms with E-state index < -0.39 is 64.1 Å². The van der Waals surface area contributed by atoms with E-state index in [1.165, 1.54) is 25.2 Å². The highest BCUT2D eigenvalue weighted by atomic mass is 16.5. The Morgan fingerprint density at radius 2 is 1.78 bits per heavy atom. The number of fused-ring (bicyclic) bond motifs is 3. The molecule has 7 N–H and O–H groups in total. The Morgan fingerprint density at radius 3 is 2.37 bits per heavy atom. The number of benzene rings is 2. The summed E-state index contributed by atoms with van der Waals surface area (Å²) in [6.45, 7) is 4.34. The number of hydrogen-bond acceptors (Lipinski definition) is 12. The molecule has 49 heavy (non-hydrogen) atoms. The van der Waals surface area contributed by atoms with Crippen LogP contribution in [0.15, 0.2) is 47.2 Å². The van der Waals surface area contributed by atoms with Crippen molar-refractivity contribution in [2.24, 2.45) is 23.5 Å². The van der Waals surface area contributed by atoms with E-state index in [1.807, 2.05) is 26.0 Å². The number of ketones is 2. The second kappa shape index (κ2) is 13.3. The van der Waals surface area contributed by atoms with Gasteiger partial charge in [-0.25, -0.2) is 0 Å². The molecule has 3 aliphatic carbocycles. The second-order valence-electron chi connectivity index (χ2n) is 13.6. The van der Waals surface area contributed by atoms with Gasteiger partial charge in [0.2, 0.25) is 5.78 Å². The molecule has 1 amide bonds. The molecule has 2 aromatic carbocycles. The summed E-state index contributed by atoms with van der Waals surface area (Å²) in [5, 5.41) is 48.9. The molecule has 262 valence electrons. The van der Waals surface area contributed by atoms with E-state index in [4.69, 9.17) is 15.2 Å². The minimum absolute atomic E-state index is 0.0259. The van der Waals surface area contributed by atoms with Gasteiger partial charge < -0.3 is 41.0 Å². The van der Waals surface area contributed by atoms with Crippen molar-refractivity contribution in [2.45, 2.75) is 57.3 Å². The van der Waals surface area contributed by atoms with Crippen LogP contribution in [0.1, 0.15) is 43.4 Å². The fourth-order valence-electron chi connectivity index (χ4n) is 7.69. The number of nitrogens with one attached hydrogen (secondary N) is 1. The van der Waals surface area contributed by atoms with Crippen molar-refractivity contribution in [3.05, 3.63) is 63.9 Å². The number of esters is 1. The number of amides is 1. The summed E-state index contributed by atoms with van der Waals surface area (Å²) in [5.41, 5.74) is 4.10. The number of likely N-dealkylation sites (N-methyl/N-ethyl adjacent to an activating group) is 1. The SMILES string of the molecule is COC(=O)C(CC(C)C)NCc1ccc(OC)c(-c2ccc(O)c3c2C[C@@H]2C[C@@H]4[C@@H](N(C)C)C(=O)C(C(N)=O)=C(O)[C@]4(O)C(=O)C2=C3O)c1. The maximum Gasteiger partial charge on any atom is 0.322 e. The van der Waals surface area contributed by atoms with E-state index in [0.29, 0.717) is 35.4 Å². The predicted molar refractivity (Wildman–Crippen MR) is 178 cm³/mol. The molecular formula is C36H43N3O10. The zero-order chi connectivity index (χ0) is 36.1. The summed E-state index contributed by atoms with van der Waals surface area (Å²) < 4.78 is 10.7. The van der Waals surface area contributed by atoms with Gasteiger partial charge in [0.25, 0.3) is 5.91 Å². The molecule has 0 radical (unpaired) electrons. The zero-order valence-corrected chi connectivity index (χ0v) is 28.4. The first-order valence-corrected chi connectivity index (χ1v) is 16.1. The summed E-state index contributed by atoms with van der Waals surface area (Å²) in [6.07, 6.45) is 0.651. The van der Waals surface area contributed by atoms with Crippen molar-refractivity contribution < 1.29 is 49.1 Å². The van der Waals surface area contributed by atoms with E-state index in [2.05, 4.69) is 5.32 Å². The maximum atomic E-state index is 14.2. The Bertz CT molecular complexity index is 1790. The van der Waals surface area contributed by atoms with Crippen LogP contribution in [0.5, 0.6) is 11.5 Å². The highest BCUT2D eigenvalue weighted by Gasteiger charge is 2.64. The normalized spacial score (nSPS) is 24.1. The third-order valence-electron chi connectivity index (χ3n) is 9.90. The van der Waals surface area contributed by atoms with Gasteiger partial charge in [0, 0.05) is 23.6 Å². The molecule has 1 unspecified atom stereocenters. The summed E-state index contributed by atoms with van der Waals surface area (Å²) in [5.74, 6) is -6.80. The number of methoxy groups -OCH3 is 2. The van der Waals surface area contributed by atoms with Gasteiger partial charge in [0.15, 0.2) is 11.4 Å². The lowest BCUT2D eigenvalue weighted by molar-refractivity contribution is -0.153. The Morgan fingerprint density at radius 1 is 1.08 bits per heavy atom. The average molecular weight is 678 g/mol. The Hall–Kier alpha value is -4.72. The second-order valence-corrected chi connectivity index (χ2v) is 13.6. The van der Waals surface area contributed by atoms with Crippen LogP contribution in [0.2, 0.25) is 0 Å². The first kappa shape index (κ1) is 35.6. The van der Waals surface area contributed by atoms with Crippen LogP contribution in [-0.2, 0) is 36.9 Å². The Balaban J connectivity index is 1.62. The first-order valence-electron chi connectivity index (χ1n) is 16.1. The van der Waals surface area contributed by atoms with Crippen LogP contribution in [0.4, 0.5) is 0 Å². The zero-order valence-electron chi connectivity index (χ0n) is 28.4. The topological polar surface area (TPSA) is 209 Å². The van der Waals surface area contributed by atoms with Crippen LogP contribution in [0.25, 0.3) is 16.9 Å². The lowest BCUT2D eigenvalue weighted by Crippen LogP contribution is -2.65. The van der Waals surface area contributed by atoms with Crippen molar-refractivity contribution in [2.75, 3.05) is 28.3 Å². The maximum absolute atomic E-state index is 14.2. The third-order valence-corrected chi connectivity index (χ3v) is 9.90. The summed E-state index contributed by atoms with van der Waals surface area (Å²) >= 11 is 0. The molecule has 13 nitrogen and oxygen atoms in total. The number of ether oxygens (including phenoxy) is 2. The van der Waals surface area contributed by atoms with Crippen LogP contribution in [-0.4, -0.2) is 94.8 Å². The minimum atomic E-state index is -2.72. The van der Waals surface area contributed by atoms with Gasteiger partial charge in [-0.2, -0.15) is 0 Å². The first-order chi connectivity index (χ1) is 23.1. The minimum Gasteiger partial charge on any atom is -0.508 e. The average Bonchev–Trinajstić information content (AvgIpc) is 3.03. The van der Waals surface area contributed by atoms with Crippen molar-refractivity contribution in [3.8, 4) is 22.6 Å². The van der Waals surface area contributed by atoms with Crippen molar-refractivity contribution >= 4 is 29.2 Å². The lowest BCUT2D eigenvalue weighted by atomic mass is 9.57. The third kappa shape index (κ3) is 5.85. The predicted octanol–water partition coefficient (Wildman–Crippen LogP) is 2.32. The number of phenols is 1. The Labute approximate surface area is 284 Å². The number of carbonyl (C=O) groups is 4. The molecule has 5 rings (SSSR count). The largest absolute Gasteiger partial charge is 0.508 e. The number of hydrogen-bond donors (Lipinski definition) is 6. The van der Waals surface area contributed by atoms with Gasteiger partial charge in [-0.15, -0.1) is 0 Å². The molecule has 0 heterocycles. The van der Waals surface area contributed by atoms with Gasteiger partial charge in [0.1, 0.15) is 34.6 Å². The van der Waals surface area contributed by atoms with Crippen molar-refractivity contribution in [1.29, 1.82) is 0 Å². The molecule has 0 saturated heterocycles. The molecule has 1 saturated carbocycles. The number of nitrogens with zero attached hydrogens (tertiary/aromatic N) is 1. The standard InChI is InChI=1S/C36H43N3O10/c1-16(2)11-23(35(46)49-6)38-15-17-7-10-25(48-5)20(12-17)19-8-9-24(40)27-21(19)13-18-14-22-29(39(3)4)31(42)28(34(37)45)33(44)36(22,47)32(43)26(18)30(27)41/h7-10,12,16,18,22-23,29,38,40-41,44,47H,11,13-15H2,1-6H3,(H2,37,45)/t18-,22-,23?,29-,36-/m1/s1. The molecule has 1 fully saturated rings. The Kier molecular flexibility index (Phi) is 9.66. The molecule has 0 aromatic heterocycles. The number of aliphatic hydroxyl groups excluding tert-OH is 2. The van der Waals surface area contributed by atoms with Crippen LogP contribution >= 0.6 is 0 Å². The van der Waals surface area contributed by atoms with E-state index in [-0.39, 0.29) is 41.6 Å².